The lowest BCUT2D eigenvalue weighted by molar-refractivity contribution is -0.136. The number of esters is 1. The molecule has 0 spiro atoms. The van der Waals surface area contributed by atoms with E-state index in [-0.39, 0.29) is 84.1 Å². The van der Waals surface area contributed by atoms with Crippen molar-refractivity contribution in [1.82, 2.24) is 5.32 Å². The second-order valence-electron chi connectivity index (χ2n) is 9.10. The fourth-order valence-electron chi connectivity index (χ4n) is 3.39. The molecule has 2 aromatic rings. The van der Waals surface area contributed by atoms with E-state index in [1.54, 1.807) is 19.2 Å². The number of hydrogen-bond acceptors (Lipinski definition) is 9. The fraction of sp³-hybridized carbons (Fsp3) is 0.483. The van der Waals surface area contributed by atoms with Crippen molar-refractivity contribution in [3.8, 4) is 5.75 Å². The van der Waals surface area contributed by atoms with Crippen molar-refractivity contribution >= 4 is 23.5 Å². The van der Waals surface area contributed by atoms with Crippen LogP contribution in [0.15, 0.2) is 24.3 Å². The molecule has 45 heavy (non-hydrogen) atoms. The summed E-state index contributed by atoms with van der Waals surface area (Å²) in [5, 5.41) is 5.43. The summed E-state index contributed by atoms with van der Waals surface area (Å²) in [7, 11) is 1.61. The third-order valence-corrected chi connectivity index (χ3v) is 5.64. The zero-order valence-electron chi connectivity index (χ0n) is 24.6. The Morgan fingerprint density at radius 2 is 1.11 bits per heavy atom. The Morgan fingerprint density at radius 3 is 1.67 bits per heavy atom. The van der Waals surface area contributed by atoms with E-state index in [1.165, 1.54) is 0 Å². The first kappa shape index (κ1) is 37.5. The summed E-state index contributed by atoms with van der Waals surface area (Å²) in [6.45, 7) is 1.71. The van der Waals surface area contributed by atoms with Crippen LogP contribution in [0, 0.1) is 29.1 Å². The average Bonchev–Trinajstić information content (AvgIpc) is 3.02. The van der Waals surface area contributed by atoms with Gasteiger partial charge in [-0.15, -0.1) is 0 Å². The molecule has 250 valence electrons. The molecule has 0 aromatic heterocycles. The molecule has 0 radical (unpaired) electrons. The van der Waals surface area contributed by atoms with Crippen molar-refractivity contribution in [3.05, 3.63) is 58.9 Å². The number of ether oxygens (including phenoxy) is 6. The molecule has 0 aliphatic heterocycles. The molecule has 16 heteroatoms. The maximum Gasteiger partial charge on any atom is 0.313 e. The first-order chi connectivity index (χ1) is 21.6. The highest BCUT2D eigenvalue weighted by molar-refractivity contribution is 5.90. The van der Waals surface area contributed by atoms with Crippen LogP contribution < -0.4 is 15.4 Å². The van der Waals surface area contributed by atoms with Crippen molar-refractivity contribution in [2.75, 3.05) is 71.8 Å². The molecular formula is C29H35F5N2O9. The van der Waals surface area contributed by atoms with Gasteiger partial charge in [-0.3, -0.25) is 14.4 Å². The first-order valence-electron chi connectivity index (χ1n) is 13.8. The molecule has 11 nitrogen and oxygen atoms in total. The van der Waals surface area contributed by atoms with E-state index < -0.39 is 47.2 Å². The maximum absolute atomic E-state index is 13.5. The number of rotatable bonds is 22. The summed E-state index contributed by atoms with van der Waals surface area (Å²) in [6.07, 6.45) is -0.273. The summed E-state index contributed by atoms with van der Waals surface area (Å²) < 4.78 is 96.7. The van der Waals surface area contributed by atoms with Crippen molar-refractivity contribution in [2.45, 2.75) is 25.9 Å². The molecule has 0 aliphatic rings. The van der Waals surface area contributed by atoms with Crippen LogP contribution in [0.5, 0.6) is 5.75 Å². The largest absolute Gasteiger partial charge is 0.420 e. The van der Waals surface area contributed by atoms with Crippen molar-refractivity contribution in [2.24, 2.45) is 0 Å². The van der Waals surface area contributed by atoms with Gasteiger partial charge in [0.25, 0.3) is 0 Å². The topological polar surface area (TPSA) is 131 Å². The van der Waals surface area contributed by atoms with E-state index in [4.69, 9.17) is 23.7 Å². The van der Waals surface area contributed by atoms with Crippen LogP contribution >= 0.6 is 0 Å². The molecular weight excluding hydrogens is 615 g/mol. The first-order valence-corrected chi connectivity index (χ1v) is 13.8. The van der Waals surface area contributed by atoms with Crippen molar-refractivity contribution in [3.63, 3.8) is 0 Å². The van der Waals surface area contributed by atoms with Crippen molar-refractivity contribution in [1.29, 1.82) is 0 Å². The number of amides is 2. The summed E-state index contributed by atoms with van der Waals surface area (Å²) in [5.74, 6) is -14.7. The van der Waals surface area contributed by atoms with Gasteiger partial charge >= 0.3 is 5.97 Å². The molecule has 2 N–H and O–H groups in total. The van der Waals surface area contributed by atoms with Crippen LogP contribution in [-0.2, 0) is 44.7 Å². The quantitative estimate of drug-likeness (QED) is 0.0492. The zero-order valence-corrected chi connectivity index (χ0v) is 24.6. The highest BCUT2D eigenvalue weighted by atomic mass is 19.2. The molecule has 0 heterocycles. The number of hydrogen-bond donors (Lipinski definition) is 2. The van der Waals surface area contributed by atoms with Crippen LogP contribution in [0.25, 0.3) is 0 Å². The molecule has 2 aromatic carbocycles. The van der Waals surface area contributed by atoms with Gasteiger partial charge in [0.2, 0.25) is 46.6 Å². The molecule has 0 bridgehead atoms. The molecule has 0 fully saturated rings. The molecule has 0 saturated carbocycles. The van der Waals surface area contributed by atoms with E-state index >= 15 is 0 Å². The SMILES string of the molecule is COCc1ccc(NC(=O)CCOCCOCCNC(=O)CCOCCOCCC(=O)Oc2c(F)c(F)c(F)c(F)c2F)cc1. The van der Waals surface area contributed by atoms with Gasteiger partial charge in [-0.05, 0) is 17.7 Å². The third kappa shape index (κ3) is 14.3. The monoisotopic (exact) mass is 650 g/mol. The normalized spacial score (nSPS) is 11.0. The smallest absolute Gasteiger partial charge is 0.313 e. The van der Waals surface area contributed by atoms with Gasteiger partial charge in [0, 0.05) is 25.8 Å². The van der Waals surface area contributed by atoms with Crippen LogP contribution in [0.1, 0.15) is 24.8 Å². The van der Waals surface area contributed by atoms with E-state index in [0.29, 0.717) is 12.3 Å². The van der Waals surface area contributed by atoms with Gasteiger partial charge in [-0.25, -0.2) is 13.2 Å². The number of methoxy groups -OCH3 is 1. The van der Waals surface area contributed by atoms with Gasteiger partial charge in [0.15, 0.2) is 0 Å². The van der Waals surface area contributed by atoms with Crippen LogP contribution in [0.2, 0.25) is 0 Å². The maximum atomic E-state index is 13.5. The predicted octanol–water partition coefficient (Wildman–Crippen LogP) is 3.43. The van der Waals surface area contributed by atoms with Gasteiger partial charge in [-0.1, -0.05) is 12.1 Å². The standard InChI is InChI=1S/C29H35F5N2O9/c1-40-18-19-2-4-20(5-3-19)36-22(38)7-11-42-16-17-44-13-9-35-21(37)6-10-41-14-15-43-12-8-23(39)45-29-27(33)25(31)24(30)26(32)28(29)34/h2-5H,6-18H2,1H3,(H,35,37)(H,36,38). The predicted molar refractivity (Wildman–Crippen MR) is 148 cm³/mol. The minimum absolute atomic E-state index is 0.00110. The van der Waals surface area contributed by atoms with E-state index in [1.807, 2.05) is 12.1 Å². The summed E-state index contributed by atoms with van der Waals surface area (Å²) in [6, 6.07) is 7.33. The second-order valence-corrected chi connectivity index (χ2v) is 9.10. The van der Waals surface area contributed by atoms with Gasteiger partial charge in [-0.2, -0.15) is 8.78 Å². The minimum Gasteiger partial charge on any atom is -0.420 e. The average molecular weight is 651 g/mol. The third-order valence-electron chi connectivity index (χ3n) is 5.64. The zero-order chi connectivity index (χ0) is 33.0. The second kappa shape index (κ2) is 21.1. The van der Waals surface area contributed by atoms with Crippen LogP contribution in [-0.4, -0.2) is 84.3 Å². The van der Waals surface area contributed by atoms with Gasteiger partial charge < -0.3 is 39.1 Å². The Bertz CT molecular complexity index is 1210. The highest BCUT2D eigenvalue weighted by Crippen LogP contribution is 2.29. The lowest BCUT2D eigenvalue weighted by atomic mass is 10.2. The van der Waals surface area contributed by atoms with E-state index in [9.17, 15) is 36.3 Å². The van der Waals surface area contributed by atoms with Crippen LogP contribution in [0.4, 0.5) is 27.6 Å². The van der Waals surface area contributed by atoms with E-state index in [2.05, 4.69) is 15.4 Å². The summed E-state index contributed by atoms with van der Waals surface area (Å²) >= 11 is 0. The Labute approximate surface area is 256 Å². The number of carbonyl (C=O) groups is 3. The Balaban J connectivity index is 1.39. The molecule has 0 atom stereocenters. The molecule has 2 rings (SSSR count). The Morgan fingerprint density at radius 1 is 0.622 bits per heavy atom. The number of halogens is 5. The number of nitrogens with one attached hydrogen (secondary N) is 2. The minimum atomic E-state index is -2.37. The Kier molecular flexibility index (Phi) is 17.6. The van der Waals surface area contributed by atoms with Crippen molar-refractivity contribution < 1.29 is 64.8 Å². The fourth-order valence-corrected chi connectivity index (χ4v) is 3.39. The summed E-state index contributed by atoms with van der Waals surface area (Å²) in [4.78, 5) is 35.4. The lowest BCUT2D eigenvalue weighted by Gasteiger charge is -2.09. The highest BCUT2D eigenvalue weighted by Gasteiger charge is 2.28. The van der Waals surface area contributed by atoms with Gasteiger partial charge in [0.1, 0.15) is 0 Å². The van der Waals surface area contributed by atoms with Gasteiger partial charge in [0.05, 0.1) is 72.3 Å². The number of carbonyl (C=O) groups excluding carboxylic acids is 3. The summed E-state index contributed by atoms with van der Waals surface area (Å²) in [5.41, 5.74) is 1.69. The molecule has 2 amide bonds. The van der Waals surface area contributed by atoms with E-state index in [0.717, 1.165) is 5.56 Å². The molecule has 0 unspecified atom stereocenters. The number of benzene rings is 2. The molecule has 0 aliphatic carbocycles. The molecule has 0 saturated heterocycles. The number of anilines is 1. The van der Waals surface area contributed by atoms with Crippen LogP contribution in [0.3, 0.4) is 0 Å². The lowest BCUT2D eigenvalue weighted by Crippen LogP contribution is -2.28. The Hall–Kier alpha value is -3.70.